The number of hydrogen-bond donors (Lipinski definition) is 1. The number of hydrogen-bond acceptors (Lipinski definition) is 1. The highest BCUT2D eigenvalue weighted by Crippen LogP contribution is 2.17. The maximum Gasteiger partial charge on any atom is 0.0207 e. The third-order valence-electron chi connectivity index (χ3n) is 2.33. The molecule has 13 heavy (non-hydrogen) atoms. The van der Waals surface area contributed by atoms with Crippen molar-refractivity contribution in [3.63, 3.8) is 0 Å². The van der Waals surface area contributed by atoms with E-state index in [4.69, 9.17) is 0 Å². The minimum Gasteiger partial charge on any atom is -0.317 e. The number of benzene rings is 1. The molecule has 72 valence electrons. The summed E-state index contributed by atoms with van der Waals surface area (Å²) in [5, 5.41) is 3.31. The molecule has 0 saturated heterocycles. The summed E-state index contributed by atoms with van der Waals surface area (Å²) in [6.45, 7) is 2.21. The van der Waals surface area contributed by atoms with Gasteiger partial charge in [-0.3, -0.25) is 0 Å². The molecular weight excluding hydrogens is 226 g/mol. The first-order valence-electron chi connectivity index (χ1n) is 4.68. The average molecular weight is 242 g/mol. The maximum atomic E-state index is 3.56. The van der Waals surface area contributed by atoms with Crippen LogP contribution >= 0.6 is 15.9 Å². The molecule has 0 aliphatic carbocycles. The quantitative estimate of drug-likeness (QED) is 0.855. The van der Waals surface area contributed by atoms with Gasteiger partial charge < -0.3 is 5.32 Å². The van der Waals surface area contributed by atoms with Crippen LogP contribution in [0.1, 0.15) is 18.9 Å². The van der Waals surface area contributed by atoms with Crippen LogP contribution in [0, 0.1) is 0 Å². The standard InChI is InChI=1S/C11H16BrN/c1-3-10(13-2)8-9-6-4-5-7-11(9)12/h4-7,10,13H,3,8H2,1-2H3/t10-/m0/s1. The first kappa shape index (κ1) is 10.7. The summed E-state index contributed by atoms with van der Waals surface area (Å²) < 4.78 is 1.21. The molecule has 1 aromatic rings. The summed E-state index contributed by atoms with van der Waals surface area (Å²) in [7, 11) is 2.02. The third-order valence-corrected chi connectivity index (χ3v) is 3.10. The summed E-state index contributed by atoms with van der Waals surface area (Å²) in [6.07, 6.45) is 2.26. The van der Waals surface area contributed by atoms with E-state index >= 15 is 0 Å². The molecule has 1 nitrogen and oxygen atoms in total. The monoisotopic (exact) mass is 241 g/mol. The van der Waals surface area contributed by atoms with Crippen molar-refractivity contribution in [2.75, 3.05) is 7.05 Å². The van der Waals surface area contributed by atoms with Gasteiger partial charge in [-0.15, -0.1) is 0 Å². The van der Waals surface area contributed by atoms with Crippen LogP contribution in [0.3, 0.4) is 0 Å². The zero-order valence-electron chi connectivity index (χ0n) is 8.18. The van der Waals surface area contributed by atoms with Gasteiger partial charge in [0, 0.05) is 10.5 Å². The van der Waals surface area contributed by atoms with E-state index in [9.17, 15) is 0 Å². The fraction of sp³-hybridized carbons (Fsp3) is 0.455. The lowest BCUT2D eigenvalue weighted by Crippen LogP contribution is -2.26. The molecule has 0 saturated carbocycles. The number of rotatable bonds is 4. The smallest absolute Gasteiger partial charge is 0.0207 e. The van der Waals surface area contributed by atoms with Gasteiger partial charge in [0.2, 0.25) is 0 Å². The Morgan fingerprint density at radius 3 is 2.62 bits per heavy atom. The molecule has 1 rings (SSSR count). The molecule has 0 aliphatic rings. The first-order valence-corrected chi connectivity index (χ1v) is 5.48. The minimum atomic E-state index is 0.582. The minimum absolute atomic E-state index is 0.582. The molecule has 0 aromatic heterocycles. The topological polar surface area (TPSA) is 12.0 Å². The molecule has 0 aliphatic heterocycles. The van der Waals surface area contributed by atoms with Crippen LogP contribution in [0.5, 0.6) is 0 Å². The van der Waals surface area contributed by atoms with Crippen LogP contribution in [0.15, 0.2) is 28.7 Å². The van der Waals surface area contributed by atoms with Gasteiger partial charge in [-0.2, -0.15) is 0 Å². The summed E-state index contributed by atoms with van der Waals surface area (Å²) in [4.78, 5) is 0. The predicted molar refractivity (Wildman–Crippen MR) is 61.0 cm³/mol. The fourth-order valence-electron chi connectivity index (χ4n) is 1.38. The first-order chi connectivity index (χ1) is 6.27. The second-order valence-electron chi connectivity index (χ2n) is 3.19. The maximum absolute atomic E-state index is 3.56. The normalized spacial score (nSPS) is 12.8. The Kier molecular flexibility index (Phi) is 4.46. The van der Waals surface area contributed by atoms with E-state index in [0.717, 1.165) is 12.8 Å². The van der Waals surface area contributed by atoms with Gasteiger partial charge in [-0.1, -0.05) is 41.1 Å². The zero-order chi connectivity index (χ0) is 9.68. The Balaban J connectivity index is 2.67. The number of nitrogens with one attached hydrogen (secondary N) is 1. The molecule has 1 atom stereocenters. The lowest BCUT2D eigenvalue weighted by atomic mass is 10.0. The van der Waals surface area contributed by atoms with Gasteiger partial charge in [-0.25, -0.2) is 0 Å². The molecule has 0 spiro atoms. The van der Waals surface area contributed by atoms with Crippen LogP contribution in [-0.2, 0) is 6.42 Å². The van der Waals surface area contributed by atoms with Crippen LogP contribution in [0.25, 0.3) is 0 Å². The molecule has 1 aromatic carbocycles. The van der Waals surface area contributed by atoms with Crippen molar-refractivity contribution in [2.45, 2.75) is 25.8 Å². The lowest BCUT2D eigenvalue weighted by Gasteiger charge is -2.14. The van der Waals surface area contributed by atoms with Crippen molar-refractivity contribution < 1.29 is 0 Å². The van der Waals surface area contributed by atoms with Crippen molar-refractivity contribution in [1.29, 1.82) is 0 Å². The highest BCUT2D eigenvalue weighted by molar-refractivity contribution is 9.10. The van der Waals surface area contributed by atoms with Gasteiger partial charge in [0.05, 0.1) is 0 Å². The SMILES string of the molecule is CC[C@@H](Cc1ccccc1Br)NC. The molecule has 0 unspecified atom stereocenters. The number of likely N-dealkylation sites (N-methyl/N-ethyl adjacent to an activating group) is 1. The summed E-state index contributed by atoms with van der Waals surface area (Å²) in [5.74, 6) is 0. The van der Waals surface area contributed by atoms with Gasteiger partial charge in [-0.05, 0) is 31.5 Å². The zero-order valence-corrected chi connectivity index (χ0v) is 9.76. The Labute approximate surface area is 88.7 Å². The molecule has 0 fully saturated rings. The molecular formula is C11H16BrN. The molecule has 0 heterocycles. The second-order valence-corrected chi connectivity index (χ2v) is 4.04. The van der Waals surface area contributed by atoms with E-state index in [1.54, 1.807) is 0 Å². The lowest BCUT2D eigenvalue weighted by molar-refractivity contribution is 0.542. The van der Waals surface area contributed by atoms with E-state index in [1.807, 2.05) is 13.1 Å². The van der Waals surface area contributed by atoms with Crippen LogP contribution in [-0.4, -0.2) is 13.1 Å². The molecule has 0 amide bonds. The fourth-order valence-corrected chi connectivity index (χ4v) is 1.83. The van der Waals surface area contributed by atoms with E-state index in [0.29, 0.717) is 6.04 Å². The van der Waals surface area contributed by atoms with Crippen molar-refractivity contribution in [3.8, 4) is 0 Å². The molecule has 0 bridgehead atoms. The van der Waals surface area contributed by atoms with Gasteiger partial charge >= 0.3 is 0 Å². The highest BCUT2D eigenvalue weighted by Gasteiger charge is 2.06. The molecule has 1 N–H and O–H groups in total. The Morgan fingerprint density at radius 2 is 2.08 bits per heavy atom. The Bertz CT molecular complexity index is 256. The predicted octanol–water partition coefficient (Wildman–Crippen LogP) is 2.99. The van der Waals surface area contributed by atoms with E-state index < -0.39 is 0 Å². The van der Waals surface area contributed by atoms with Crippen molar-refractivity contribution >= 4 is 15.9 Å². The van der Waals surface area contributed by atoms with Gasteiger partial charge in [0.25, 0.3) is 0 Å². The second kappa shape index (κ2) is 5.40. The van der Waals surface area contributed by atoms with E-state index in [-0.39, 0.29) is 0 Å². The van der Waals surface area contributed by atoms with Crippen molar-refractivity contribution in [3.05, 3.63) is 34.3 Å². The highest BCUT2D eigenvalue weighted by atomic mass is 79.9. The Hall–Kier alpha value is -0.340. The van der Waals surface area contributed by atoms with Gasteiger partial charge in [0.1, 0.15) is 0 Å². The largest absolute Gasteiger partial charge is 0.317 e. The average Bonchev–Trinajstić information content (AvgIpc) is 2.17. The number of halogens is 1. The molecule has 2 heteroatoms. The van der Waals surface area contributed by atoms with Crippen LogP contribution in [0.2, 0.25) is 0 Å². The summed E-state index contributed by atoms with van der Waals surface area (Å²) in [5.41, 5.74) is 1.38. The third kappa shape index (κ3) is 3.12. The van der Waals surface area contributed by atoms with Crippen LogP contribution < -0.4 is 5.32 Å². The van der Waals surface area contributed by atoms with Gasteiger partial charge in [0.15, 0.2) is 0 Å². The molecule has 0 radical (unpaired) electrons. The van der Waals surface area contributed by atoms with E-state index in [1.165, 1.54) is 10.0 Å². The summed E-state index contributed by atoms with van der Waals surface area (Å²) in [6, 6.07) is 8.98. The van der Waals surface area contributed by atoms with Crippen molar-refractivity contribution in [1.82, 2.24) is 5.32 Å². The van der Waals surface area contributed by atoms with E-state index in [2.05, 4.69) is 46.4 Å². The van der Waals surface area contributed by atoms with Crippen LogP contribution in [0.4, 0.5) is 0 Å². The van der Waals surface area contributed by atoms with Crippen molar-refractivity contribution in [2.24, 2.45) is 0 Å². The Morgan fingerprint density at radius 1 is 1.38 bits per heavy atom. The summed E-state index contributed by atoms with van der Waals surface area (Å²) >= 11 is 3.56.